The van der Waals surface area contributed by atoms with Crippen molar-refractivity contribution in [2.45, 2.75) is 14.7 Å². The van der Waals surface area contributed by atoms with Crippen LogP contribution in [0.2, 0.25) is 0 Å². The Hall–Kier alpha value is -3.56. The molecule has 0 spiro atoms. The van der Waals surface area contributed by atoms with Crippen LogP contribution in [0, 0.1) is 0 Å². The van der Waals surface area contributed by atoms with Gasteiger partial charge in [-0.15, -0.1) is 0 Å². The van der Waals surface area contributed by atoms with Crippen molar-refractivity contribution in [2.75, 3.05) is 17.3 Å². The van der Waals surface area contributed by atoms with Crippen molar-refractivity contribution in [1.82, 2.24) is 0 Å². The van der Waals surface area contributed by atoms with Crippen LogP contribution in [0.25, 0.3) is 0 Å². The molecule has 0 aliphatic carbocycles. The molecule has 3 rings (SSSR count). The standard InChI is InChI=1S/3C8H8O4S.Fe/c3*9-8(10)6-13(11,12)7-4-2-1-3-5-7;/h3*1-5H,6H2,(H,9,10);/q;;;+3/p-3. The Morgan fingerprint density at radius 3 is 0.750 bits per heavy atom. The molecule has 0 aliphatic heterocycles. The Labute approximate surface area is 241 Å². The van der Waals surface area contributed by atoms with Crippen molar-refractivity contribution in [3.8, 4) is 0 Å². The Morgan fingerprint density at radius 2 is 0.600 bits per heavy atom. The SMILES string of the molecule is O=C([O-])CS(=O)(=O)c1ccccc1.O=C([O-])CS(=O)(=O)c1ccccc1.O=C([O-])CS(=O)(=O)c1ccccc1.[Fe+3]. The van der Waals surface area contributed by atoms with Crippen molar-refractivity contribution in [1.29, 1.82) is 0 Å². The third kappa shape index (κ3) is 13.5. The number of carboxylic acid groups (broad SMARTS) is 3. The van der Waals surface area contributed by atoms with E-state index in [1.54, 1.807) is 18.2 Å². The maximum Gasteiger partial charge on any atom is 3.00 e. The van der Waals surface area contributed by atoms with E-state index in [9.17, 15) is 55.0 Å². The minimum absolute atomic E-state index is 0. The van der Waals surface area contributed by atoms with Crippen molar-refractivity contribution in [3.05, 3.63) is 91.0 Å². The van der Waals surface area contributed by atoms with Crippen LogP contribution in [0.1, 0.15) is 0 Å². The van der Waals surface area contributed by atoms with Crippen LogP contribution in [0.4, 0.5) is 0 Å². The van der Waals surface area contributed by atoms with Gasteiger partial charge in [-0.1, -0.05) is 54.6 Å². The summed E-state index contributed by atoms with van der Waals surface area (Å²) in [4.78, 5) is 30.3. The predicted molar refractivity (Wildman–Crippen MR) is 131 cm³/mol. The zero-order valence-electron chi connectivity index (χ0n) is 20.3. The van der Waals surface area contributed by atoms with Gasteiger partial charge in [-0.2, -0.15) is 0 Å². The number of carbonyl (C=O) groups is 3. The summed E-state index contributed by atoms with van der Waals surface area (Å²) in [5, 5.41) is 30.3. The van der Waals surface area contributed by atoms with Crippen LogP contribution in [0.5, 0.6) is 0 Å². The molecule has 0 unspecified atom stereocenters. The van der Waals surface area contributed by atoms with E-state index in [4.69, 9.17) is 0 Å². The maximum absolute atomic E-state index is 11.2. The molecule has 0 aliphatic rings. The fourth-order valence-corrected chi connectivity index (χ4v) is 5.75. The molecule has 0 saturated carbocycles. The van der Waals surface area contributed by atoms with Gasteiger partial charge in [-0.3, -0.25) is 0 Å². The summed E-state index contributed by atoms with van der Waals surface area (Å²) in [6.07, 6.45) is 0. The first-order valence-electron chi connectivity index (χ1n) is 10.5. The number of hydrogen-bond donors (Lipinski definition) is 0. The van der Waals surface area contributed by atoms with Gasteiger partial charge in [0.15, 0.2) is 29.5 Å². The third-order valence-corrected chi connectivity index (χ3v) is 9.05. The van der Waals surface area contributed by atoms with Crippen molar-refractivity contribution in [3.63, 3.8) is 0 Å². The average Bonchev–Trinajstić information content (AvgIpc) is 2.84. The second-order valence-corrected chi connectivity index (χ2v) is 13.3. The molecule has 0 heterocycles. The van der Waals surface area contributed by atoms with Crippen LogP contribution >= 0.6 is 0 Å². The van der Waals surface area contributed by atoms with E-state index in [-0.39, 0.29) is 31.8 Å². The number of sulfone groups is 3. The Morgan fingerprint density at radius 1 is 0.425 bits per heavy atom. The first kappa shape index (κ1) is 36.4. The number of carbonyl (C=O) groups excluding carboxylic acids is 3. The summed E-state index contributed by atoms with van der Waals surface area (Å²) in [5.41, 5.74) is 0. The normalized spacial score (nSPS) is 10.8. The fraction of sp³-hybridized carbons (Fsp3) is 0.125. The second-order valence-electron chi connectivity index (χ2n) is 7.33. The van der Waals surface area contributed by atoms with E-state index in [0.717, 1.165) is 0 Å². The van der Waals surface area contributed by atoms with Gasteiger partial charge >= 0.3 is 17.1 Å². The van der Waals surface area contributed by atoms with Gasteiger partial charge in [0.2, 0.25) is 0 Å². The number of aliphatic carboxylic acids is 3. The first-order chi connectivity index (χ1) is 18.1. The number of rotatable bonds is 9. The first-order valence-corrected chi connectivity index (χ1v) is 15.5. The molecule has 0 N–H and O–H groups in total. The molecule has 3 aromatic rings. The summed E-state index contributed by atoms with van der Waals surface area (Å²) < 4.78 is 67.3. The van der Waals surface area contributed by atoms with Crippen LogP contribution in [0.15, 0.2) is 106 Å². The number of benzene rings is 3. The topological polar surface area (TPSA) is 223 Å². The molecule has 3 aromatic carbocycles. The molecule has 16 heteroatoms. The van der Waals surface area contributed by atoms with Crippen LogP contribution in [0.3, 0.4) is 0 Å². The van der Waals surface area contributed by atoms with Gasteiger partial charge in [-0.25, -0.2) is 25.3 Å². The molecule has 0 saturated heterocycles. The smallest absolute Gasteiger partial charge is 0.549 e. The van der Waals surface area contributed by atoms with E-state index in [1.807, 2.05) is 0 Å². The summed E-state index contributed by atoms with van der Waals surface area (Å²) in [6.45, 7) is 0. The van der Waals surface area contributed by atoms with Crippen molar-refractivity contribution in [2.24, 2.45) is 0 Å². The molecule has 12 nitrogen and oxygen atoms in total. The molecule has 0 atom stereocenters. The maximum atomic E-state index is 11.2. The molecule has 0 bridgehead atoms. The molecule has 1 radical (unpaired) electrons. The number of hydrogen-bond acceptors (Lipinski definition) is 12. The minimum Gasteiger partial charge on any atom is -0.549 e. The zero-order valence-corrected chi connectivity index (χ0v) is 23.8. The molecule has 0 amide bonds. The Kier molecular flexibility index (Phi) is 15.1. The summed E-state index contributed by atoms with van der Waals surface area (Å²) in [5.74, 6) is -7.71. The molecule has 40 heavy (non-hydrogen) atoms. The molecule has 0 fully saturated rings. The number of carboxylic acids is 3. The monoisotopic (exact) mass is 653 g/mol. The molecule has 215 valence electrons. The van der Waals surface area contributed by atoms with Crippen molar-refractivity contribution < 1.29 is 72.0 Å². The summed E-state index contributed by atoms with van der Waals surface area (Å²) in [7, 11) is -11.2. The van der Waals surface area contributed by atoms with Crippen molar-refractivity contribution >= 4 is 47.4 Å². The molecular formula is C24H21FeO12S3. The van der Waals surface area contributed by atoms with E-state index in [1.165, 1.54) is 72.8 Å². The predicted octanol–water partition coefficient (Wildman–Crippen LogP) is -2.37. The van der Waals surface area contributed by atoms with E-state index < -0.39 is 64.7 Å². The summed E-state index contributed by atoms with van der Waals surface area (Å²) in [6, 6.07) is 22.2. The van der Waals surface area contributed by atoms with E-state index in [0.29, 0.717) is 0 Å². The van der Waals surface area contributed by atoms with Gasteiger partial charge in [-0.05, 0) is 36.4 Å². The second kappa shape index (κ2) is 16.5. The van der Waals surface area contributed by atoms with E-state index in [2.05, 4.69) is 0 Å². The van der Waals surface area contributed by atoms with Crippen LogP contribution < -0.4 is 15.3 Å². The van der Waals surface area contributed by atoms with Crippen LogP contribution in [-0.4, -0.2) is 60.4 Å². The van der Waals surface area contributed by atoms with Gasteiger partial charge < -0.3 is 29.7 Å². The van der Waals surface area contributed by atoms with Gasteiger partial charge in [0.05, 0.1) is 49.9 Å². The zero-order chi connectivity index (χ0) is 29.7. The Balaban J connectivity index is 0.000000563. The van der Waals surface area contributed by atoms with Gasteiger partial charge in [0.1, 0.15) is 0 Å². The van der Waals surface area contributed by atoms with E-state index >= 15 is 0 Å². The minimum atomic E-state index is -3.72. The molecule has 0 aromatic heterocycles. The molecular weight excluding hydrogens is 632 g/mol. The largest absolute Gasteiger partial charge is 3.00 e. The Bertz CT molecular complexity index is 1380. The van der Waals surface area contributed by atoms with Gasteiger partial charge in [0, 0.05) is 0 Å². The fourth-order valence-electron chi connectivity index (χ4n) is 2.60. The quantitative estimate of drug-likeness (QED) is 0.221. The average molecular weight is 653 g/mol. The summed E-state index contributed by atoms with van der Waals surface area (Å²) >= 11 is 0. The van der Waals surface area contributed by atoms with Gasteiger partial charge in [0.25, 0.3) is 0 Å². The van der Waals surface area contributed by atoms with Crippen LogP contribution in [-0.2, 0) is 61.0 Å². The third-order valence-electron chi connectivity index (χ3n) is 4.23.